The number of carbonyl (C=O) groups excluding carboxylic acids is 3. The number of halogens is 1. The molecule has 1 heterocycles. The lowest BCUT2D eigenvalue weighted by Crippen LogP contribution is -2.60. The van der Waals surface area contributed by atoms with Crippen LogP contribution < -0.4 is 5.73 Å². The standard InChI is InChI=1S/C23H35FN6O5/c1-22(2,3)34-19(31)26-18(29-13-27(7)20(32)28(8)14-29)30(21(33)35-23(4,5)6)12-15-9-10-16(24)17(25)11-15/h9-11H,12-14,25H2,1-8H3/b26-18+. The first kappa shape index (κ1) is 27.7. The molecular formula is C23H35FN6O5. The van der Waals surface area contributed by atoms with Crippen molar-refractivity contribution in [1.29, 1.82) is 0 Å². The Kier molecular flexibility index (Phi) is 8.19. The number of hydrogen-bond donors (Lipinski definition) is 1. The molecule has 1 aromatic carbocycles. The third-order valence-electron chi connectivity index (χ3n) is 4.54. The Balaban J connectivity index is 2.59. The van der Waals surface area contributed by atoms with E-state index in [1.165, 1.54) is 28.0 Å². The zero-order chi connectivity index (χ0) is 26.7. The number of amides is 4. The number of urea groups is 1. The van der Waals surface area contributed by atoms with E-state index < -0.39 is 29.2 Å². The van der Waals surface area contributed by atoms with E-state index in [0.29, 0.717) is 5.56 Å². The van der Waals surface area contributed by atoms with Crippen LogP contribution in [0.5, 0.6) is 0 Å². The molecule has 0 radical (unpaired) electrons. The van der Waals surface area contributed by atoms with Gasteiger partial charge in [-0.2, -0.15) is 0 Å². The van der Waals surface area contributed by atoms with Gasteiger partial charge >= 0.3 is 18.2 Å². The number of nitrogens with zero attached hydrogens (tertiary/aromatic N) is 5. The van der Waals surface area contributed by atoms with Gasteiger partial charge in [-0.1, -0.05) is 6.07 Å². The molecule has 0 atom stereocenters. The van der Waals surface area contributed by atoms with Gasteiger partial charge in [0.2, 0.25) is 5.96 Å². The van der Waals surface area contributed by atoms with Crippen molar-refractivity contribution in [3.63, 3.8) is 0 Å². The van der Waals surface area contributed by atoms with Gasteiger partial charge in [-0.3, -0.25) is 0 Å². The normalized spacial score (nSPS) is 15.3. The number of nitrogens with two attached hydrogens (primary N) is 1. The number of anilines is 1. The summed E-state index contributed by atoms with van der Waals surface area (Å²) in [6, 6.07) is 3.79. The van der Waals surface area contributed by atoms with Crippen LogP contribution in [0.1, 0.15) is 47.1 Å². The first-order chi connectivity index (χ1) is 16.0. The number of ether oxygens (including phenoxy) is 2. The first-order valence-corrected chi connectivity index (χ1v) is 11.0. The van der Waals surface area contributed by atoms with Gasteiger partial charge in [0.25, 0.3) is 0 Å². The monoisotopic (exact) mass is 494 g/mol. The Hall–Kier alpha value is -3.57. The molecule has 2 N–H and O–H groups in total. The molecule has 194 valence electrons. The number of aliphatic imine (C=N–C) groups is 1. The van der Waals surface area contributed by atoms with Gasteiger partial charge in [0, 0.05) is 14.1 Å². The van der Waals surface area contributed by atoms with Gasteiger partial charge in [0.15, 0.2) is 0 Å². The molecule has 0 bridgehead atoms. The molecule has 0 saturated carbocycles. The van der Waals surface area contributed by atoms with Crippen LogP contribution in [0.25, 0.3) is 0 Å². The maximum absolute atomic E-state index is 13.8. The van der Waals surface area contributed by atoms with E-state index >= 15 is 0 Å². The van der Waals surface area contributed by atoms with Crippen LogP contribution in [0.2, 0.25) is 0 Å². The minimum absolute atomic E-state index is 0.0374. The van der Waals surface area contributed by atoms with E-state index in [2.05, 4.69) is 4.99 Å². The van der Waals surface area contributed by atoms with Crippen molar-refractivity contribution in [2.75, 3.05) is 33.2 Å². The van der Waals surface area contributed by atoms with E-state index in [1.54, 1.807) is 60.5 Å². The first-order valence-electron chi connectivity index (χ1n) is 11.0. The van der Waals surface area contributed by atoms with Crippen molar-refractivity contribution in [2.45, 2.75) is 59.3 Å². The Bertz CT molecular complexity index is 987. The quantitative estimate of drug-likeness (QED) is 0.378. The third-order valence-corrected chi connectivity index (χ3v) is 4.54. The van der Waals surface area contributed by atoms with Gasteiger partial charge < -0.3 is 29.9 Å². The molecule has 1 aliphatic rings. The molecule has 2 rings (SSSR count). The van der Waals surface area contributed by atoms with Crippen LogP contribution in [0.4, 0.5) is 24.5 Å². The van der Waals surface area contributed by atoms with Crippen LogP contribution >= 0.6 is 0 Å². The van der Waals surface area contributed by atoms with Crippen molar-refractivity contribution in [2.24, 2.45) is 4.99 Å². The molecule has 35 heavy (non-hydrogen) atoms. The average Bonchev–Trinajstić information content (AvgIpc) is 2.68. The molecule has 0 aliphatic carbocycles. The van der Waals surface area contributed by atoms with Crippen molar-refractivity contribution in [3.8, 4) is 0 Å². The predicted molar refractivity (Wildman–Crippen MR) is 129 cm³/mol. The maximum atomic E-state index is 13.8. The lowest BCUT2D eigenvalue weighted by atomic mass is 10.2. The Morgan fingerprint density at radius 3 is 2.09 bits per heavy atom. The van der Waals surface area contributed by atoms with E-state index in [-0.39, 0.29) is 37.6 Å². The van der Waals surface area contributed by atoms with Gasteiger partial charge in [0.05, 0.1) is 25.6 Å². The van der Waals surface area contributed by atoms with Crippen LogP contribution in [0, 0.1) is 5.82 Å². The van der Waals surface area contributed by atoms with Crippen molar-refractivity contribution < 1.29 is 28.2 Å². The fourth-order valence-corrected chi connectivity index (χ4v) is 3.17. The van der Waals surface area contributed by atoms with Crippen molar-refractivity contribution in [3.05, 3.63) is 29.6 Å². The van der Waals surface area contributed by atoms with E-state index in [0.717, 1.165) is 4.90 Å². The van der Waals surface area contributed by atoms with Gasteiger partial charge in [-0.05, 0) is 59.2 Å². The van der Waals surface area contributed by atoms with Crippen LogP contribution in [-0.2, 0) is 16.0 Å². The Labute approximate surface area is 205 Å². The number of rotatable bonds is 2. The number of benzene rings is 1. The molecule has 0 spiro atoms. The topological polar surface area (TPSA) is 121 Å². The Morgan fingerprint density at radius 1 is 1.06 bits per heavy atom. The molecule has 11 nitrogen and oxygen atoms in total. The van der Waals surface area contributed by atoms with Crippen LogP contribution in [0.15, 0.2) is 23.2 Å². The summed E-state index contributed by atoms with van der Waals surface area (Å²) in [5.41, 5.74) is 4.40. The second kappa shape index (κ2) is 10.4. The number of guanidine groups is 1. The van der Waals surface area contributed by atoms with Crippen LogP contribution in [-0.4, -0.2) is 82.4 Å². The summed E-state index contributed by atoms with van der Waals surface area (Å²) in [5, 5.41) is 0. The van der Waals surface area contributed by atoms with Crippen LogP contribution in [0.3, 0.4) is 0 Å². The van der Waals surface area contributed by atoms with E-state index in [4.69, 9.17) is 15.2 Å². The fraction of sp³-hybridized carbons (Fsp3) is 0.565. The highest BCUT2D eigenvalue weighted by molar-refractivity contribution is 5.99. The molecule has 1 aromatic rings. The summed E-state index contributed by atoms with van der Waals surface area (Å²) < 4.78 is 24.7. The summed E-state index contributed by atoms with van der Waals surface area (Å²) in [6.45, 7) is 10.1. The number of hydrogen-bond acceptors (Lipinski definition) is 6. The molecule has 12 heteroatoms. The number of nitrogen functional groups attached to an aromatic ring is 1. The van der Waals surface area contributed by atoms with E-state index in [1.807, 2.05) is 0 Å². The summed E-state index contributed by atoms with van der Waals surface area (Å²) in [5.74, 6) is -0.694. The SMILES string of the molecule is CN1CN(/C(=N\C(=O)OC(C)(C)C)N(Cc2ccc(F)c(N)c2)C(=O)OC(C)(C)C)CN(C)C1=O. The molecule has 0 unspecified atom stereocenters. The number of carbonyl (C=O) groups is 3. The molecule has 1 saturated heterocycles. The summed E-state index contributed by atoms with van der Waals surface area (Å²) in [6.07, 6.45) is -1.73. The average molecular weight is 495 g/mol. The lowest BCUT2D eigenvalue weighted by molar-refractivity contribution is 0.0300. The Morgan fingerprint density at radius 2 is 1.60 bits per heavy atom. The van der Waals surface area contributed by atoms with Crippen molar-refractivity contribution >= 4 is 29.9 Å². The second-order valence-electron chi connectivity index (χ2n) is 10.3. The summed E-state index contributed by atoms with van der Waals surface area (Å²) in [4.78, 5) is 48.0. The molecular weight excluding hydrogens is 459 g/mol. The predicted octanol–water partition coefficient (Wildman–Crippen LogP) is 3.65. The van der Waals surface area contributed by atoms with Gasteiger partial charge in [-0.25, -0.2) is 23.7 Å². The van der Waals surface area contributed by atoms with Gasteiger partial charge in [0.1, 0.15) is 17.0 Å². The maximum Gasteiger partial charge on any atom is 0.437 e. The minimum Gasteiger partial charge on any atom is -0.443 e. The fourth-order valence-electron chi connectivity index (χ4n) is 3.17. The smallest absolute Gasteiger partial charge is 0.437 e. The molecule has 1 fully saturated rings. The minimum atomic E-state index is -0.929. The highest BCUT2D eigenvalue weighted by atomic mass is 19.1. The van der Waals surface area contributed by atoms with Gasteiger partial charge in [-0.15, -0.1) is 4.99 Å². The molecule has 0 aromatic heterocycles. The van der Waals surface area contributed by atoms with E-state index in [9.17, 15) is 18.8 Å². The highest BCUT2D eigenvalue weighted by Gasteiger charge is 2.35. The lowest BCUT2D eigenvalue weighted by Gasteiger charge is -2.42. The highest BCUT2D eigenvalue weighted by Crippen LogP contribution is 2.20. The third kappa shape index (κ3) is 8.01. The second-order valence-corrected chi connectivity index (χ2v) is 10.3. The molecule has 4 amide bonds. The van der Waals surface area contributed by atoms with Crippen molar-refractivity contribution in [1.82, 2.24) is 19.6 Å². The largest absolute Gasteiger partial charge is 0.443 e. The summed E-state index contributed by atoms with van der Waals surface area (Å²) >= 11 is 0. The zero-order valence-electron chi connectivity index (χ0n) is 21.6. The summed E-state index contributed by atoms with van der Waals surface area (Å²) in [7, 11) is 3.16. The zero-order valence-corrected chi connectivity index (χ0v) is 21.6. The molecule has 1 aliphatic heterocycles.